The zero-order valence-corrected chi connectivity index (χ0v) is 10.9. The van der Waals surface area contributed by atoms with E-state index in [1.54, 1.807) is 6.08 Å². The van der Waals surface area contributed by atoms with Crippen molar-refractivity contribution in [3.05, 3.63) is 48.0 Å². The van der Waals surface area contributed by atoms with E-state index in [0.29, 0.717) is 13.0 Å². The number of benzene rings is 1. The average Bonchev–Trinajstić information content (AvgIpc) is 2.44. The van der Waals surface area contributed by atoms with Crippen LogP contribution < -0.4 is 5.32 Å². The molecule has 0 bridgehead atoms. The third kappa shape index (κ3) is 7.47. The van der Waals surface area contributed by atoms with Crippen LogP contribution in [-0.4, -0.2) is 12.5 Å². The van der Waals surface area contributed by atoms with Crippen molar-refractivity contribution in [3.63, 3.8) is 0 Å². The van der Waals surface area contributed by atoms with Crippen LogP contribution in [-0.2, 0) is 11.2 Å². The standard InChI is InChI=1S/C17H17NO/c1-2-3-4-5-6-10-13-17(19)18-15-14-16-11-8-7-9-12-16/h1,7-13H,5-6,14-15H2,(H,18,19)/b13-10+. The van der Waals surface area contributed by atoms with Crippen LogP contribution >= 0.6 is 0 Å². The molecule has 0 radical (unpaired) electrons. The molecule has 0 spiro atoms. The molecule has 0 aliphatic rings. The van der Waals surface area contributed by atoms with Crippen LogP contribution in [0.5, 0.6) is 0 Å². The molecule has 2 heteroatoms. The SMILES string of the molecule is C#CC#CCC/C=C/C(=O)NCCc1ccccc1. The lowest BCUT2D eigenvalue weighted by molar-refractivity contribution is -0.116. The van der Waals surface area contributed by atoms with Gasteiger partial charge in [-0.3, -0.25) is 4.79 Å². The van der Waals surface area contributed by atoms with Crippen molar-refractivity contribution in [3.8, 4) is 24.2 Å². The predicted octanol–water partition coefficient (Wildman–Crippen LogP) is 2.32. The highest BCUT2D eigenvalue weighted by Crippen LogP contribution is 1.98. The second-order valence-corrected chi connectivity index (χ2v) is 3.91. The topological polar surface area (TPSA) is 29.1 Å². The summed E-state index contributed by atoms with van der Waals surface area (Å²) in [5, 5.41) is 2.84. The molecule has 96 valence electrons. The zero-order chi connectivity index (χ0) is 13.8. The fourth-order valence-corrected chi connectivity index (χ4v) is 1.49. The molecule has 0 heterocycles. The first-order chi connectivity index (χ1) is 9.33. The Kier molecular flexibility index (Phi) is 7.36. The normalized spacial score (nSPS) is 9.42. The van der Waals surface area contributed by atoms with Gasteiger partial charge in [-0.1, -0.05) is 42.3 Å². The summed E-state index contributed by atoms with van der Waals surface area (Å²) in [5.74, 6) is 7.51. The number of amides is 1. The number of unbranched alkanes of at least 4 members (excludes halogenated alkanes) is 1. The van der Waals surface area contributed by atoms with Crippen LogP contribution in [0.25, 0.3) is 0 Å². The van der Waals surface area contributed by atoms with Crippen molar-refractivity contribution in [2.24, 2.45) is 0 Å². The molecule has 0 aromatic heterocycles. The van der Waals surface area contributed by atoms with Crippen molar-refractivity contribution in [1.29, 1.82) is 0 Å². The molecule has 2 nitrogen and oxygen atoms in total. The van der Waals surface area contributed by atoms with E-state index in [0.717, 1.165) is 12.8 Å². The van der Waals surface area contributed by atoms with Crippen molar-refractivity contribution in [1.82, 2.24) is 5.32 Å². The van der Waals surface area contributed by atoms with Crippen LogP contribution in [0.2, 0.25) is 0 Å². The average molecular weight is 251 g/mol. The van der Waals surface area contributed by atoms with Gasteiger partial charge in [-0.2, -0.15) is 0 Å². The summed E-state index contributed by atoms with van der Waals surface area (Å²) >= 11 is 0. The van der Waals surface area contributed by atoms with E-state index in [1.807, 2.05) is 36.4 Å². The molecule has 1 N–H and O–H groups in total. The van der Waals surface area contributed by atoms with E-state index in [4.69, 9.17) is 6.42 Å². The van der Waals surface area contributed by atoms with Crippen molar-refractivity contribution in [2.75, 3.05) is 6.54 Å². The maximum Gasteiger partial charge on any atom is 0.243 e. The van der Waals surface area contributed by atoms with Gasteiger partial charge in [0.1, 0.15) is 0 Å². The van der Waals surface area contributed by atoms with Crippen LogP contribution in [0.3, 0.4) is 0 Å². The van der Waals surface area contributed by atoms with E-state index in [2.05, 4.69) is 23.1 Å². The Morgan fingerprint density at radius 3 is 2.84 bits per heavy atom. The van der Waals surface area contributed by atoms with Gasteiger partial charge in [-0.15, -0.1) is 6.42 Å². The van der Waals surface area contributed by atoms with Crippen molar-refractivity contribution < 1.29 is 4.79 Å². The maximum atomic E-state index is 11.5. The van der Waals surface area contributed by atoms with Crippen LogP contribution in [0, 0.1) is 24.2 Å². The Morgan fingerprint density at radius 2 is 2.11 bits per heavy atom. The number of allylic oxidation sites excluding steroid dienone is 1. The molecule has 1 rings (SSSR count). The number of nitrogens with one attached hydrogen (secondary N) is 1. The molecule has 1 aromatic carbocycles. The molecule has 1 aromatic rings. The van der Waals surface area contributed by atoms with Gasteiger partial charge in [-0.25, -0.2) is 0 Å². The molecule has 0 saturated carbocycles. The number of carbonyl (C=O) groups excluding carboxylic acids is 1. The summed E-state index contributed by atoms with van der Waals surface area (Å²) in [6.45, 7) is 0.643. The highest BCUT2D eigenvalue weighted by atomic mass is 16.1. The lowest BCUT2D eigenvalue weighted by Gasteiger charge is -2.02. The molecular formula is C17H17NO. The van der Waals surface area contributed by atoms with E-state index in [1.165, 1.54) is 5.56 Å². The summed E-state index contributed by atoms with van der Waals surface area (Å²) in [5.41, 5.74) is 1.22. The molecule has 0 fully saturated rings. The summed E-state index contributed by atoms with van der Waals surface area (Å²) < 4.78 is 0. The zero-order valence-electron chi connectivity index (χ0n) is 10.9. The summed E-state index contributed by atoms with van der Waals surface area (Å²) in [7, 11) is 0. The molecule has 19 heavy (non-hydrogen) atoms. The molecular weight excluding hydrogens is 234 g/mol. The highest BCUT2D eigenvalue weighted by Gasteiger charge is 1.95. The van der Waals surface area contributed by atoms with Gasteiger partial charge >= 0.3 is 0 Å². The predicted molar refractivity (Wildman–Crippen MR) is 78.1 cm³/mol. The Labute approximate surface area is 114 Å². The largest absolute Gasteiger partial charge is 0.352 e. The molecule has 1 amide bonds. The number of rotatable bonds is 6. The van der Waals surface area contributed by atoms with Gasteiger partial charge in [0.25, 0.3) is 0 Å². The fraction of sp³-hybridized carbons (Fsp3) is 0.235. The molecule has 0 aliphatic heterocycles. The van der Waals surface area contributed by atoms with E-state index in [9.17, 15) is 4.79 Å². The first-order valence-electron chi connectivity index (χ1n) is 6.24. The molecule has 0 unspecified atom stereocenters. The van der Waals surface area contributed by atoms with Crippen molar-refractivity contribution >= 4 is 5.91 Å². The minimum atomic E-state index is -0.0687. The lowest BCUT2D eigenvalue weighted by Crippen LogP contribution is -2.23. The third-order valence-electron chi connectivity index (χ3n) is 2.42. The van der Waals surface area contributed by atoms with Crippen LogP contribution in [0.1, 0.15) is 18.4 Å². The number of carbonyl (C=O) groups is 1. The van der Waals surface area contributed by atoms with Crippen LogP contribution in [0.15, 0.2) is 42.5 Å². The van der Waals surface area contributed by atoms with Crippen LogP contribution in [0.4, 0.5) is 0 Å². The van der Waals surface area contributed by atoms with Gasteiger partial charge in [-0.05, 0) is 36.3 Å². The molecule has 0 saturated heterocycles. The third-order valence-corrected chi connectivity index (χ3v) is 2.42. The monoisotopic (exact) mass is 251 g/mol. The summed E-state index contributed by atoms with van der Waals surface area (Å²) in [6, 6.07) is 10.1. The number of terminal acetylenes is 1. The summed E-state index contributed by atoms with van der Waals surface area (Å²) in [6.07, 6.45) is 10.6. The second kappa shape index (κ2) is 9.57. The smallest absolute Gasteiger partial charge is 0.243 e. The van der Waals surface area contributed by atoms with Gasteiger partial charge < -0.3 is 5.32 Å². The first kappa shape index (κ1) is 14.6. The minimum absolute atomic E-state index is 0.0687. The fourth-order valence-electron chi connectivity index (χ4n) is 1.49. The molecule has 0 atom stereocenters. The van der Waals surface area contributed by atoms with Gasteiger partial charge in [0.2, 0.25) is 5.91 Å². The Balaban J connectivity index is 2.14. The lowest BCUT2D eigenvalue weighted by atomic mass is 10.1. The van der Waals surface area contributed by atoms with Gasteiger partial charge in [0, 0.05) is 13.0 Å². The second-order valence-electron chi connectivity index (χ2n) is 3.91. The van der Waals surface area contributed by atoms with E-state index >= 15 is 0 Å². The Hall–Kier alpha value is -2.45. The minimum Gasteiger partial charge on any atom is -0.352 e. The molecule has 0 aliphatic carbocycles. The number of hydrogen-bond acceptors (Lipinski definition) is 1. The van der Waals surface area contributed by atoms with E-state index < -0.39 is 0 Å². The Bertz CT molecular complexity index is 512. The van der Waals surface area contributed by atoms with Gasteiger partial charge in [0.05, 0.1) is 0 Å². The summed E-state index contributed by atoms with van der Waals surface area (Å²) in [4.78, 5) is 11.5. The maximum absolute atomic E-state index is 11.5. The Morgan fingerprint density at radius 1 is 1.32 bits per heavy atom. The highest BCUT2D eigenvalue weighted by molar-refractivity contribution is 5.87. The quantitative estimate of drug-likeness (QED) is 0.469. The number of hydrogen-bond donors (Lipinski definition) is 1. The first-order valence-corrected chi connectivity index (χ1v) is 6.24. The van der Waals surface area contributed by atoms with E-state index in [-0.39, 0.29) is 5.91 Å². The van der Waals surface area contributed by atoms with Crippen molar-refractivity contribution in [2.45, 2.75) is 19.3 Å². The van der Waals surface area contributed by atoms with Gasteiger partial charge in [0.15, 0.2) is 0 Å².